The minimum Gasteiger partial charge on any atom is -0.489 e. The molecule has 1 fully saturated rings. The highest BCUT2D eigenvalue weighted by atomic mass is 19.2. The molecule has 2 aromatic heterocycles. The predicted molar refractivity (Wildman–Crippen MR) is 93.0 cm³/mol. The Labute approximate surface area is 149 Å². The minimum absolute atomic E-state index is 0.298. The first-order valence-corrected chi connectivity index (χ1v) is 8.45. The molecule has 0 aliphatic heterocycles. The number of imidazole rings is 1. The van der Waals surface area contributed by atoms with E-state index in [9.17, 15) is 8.78 Å². The van der Waals surface area contributed by atoms with Crippen LogP contribution in [-0.4, -0.2) is 21.1 Å². The van der Waals surface area contributed by atoms with E-state index in [1.54, 1.807) is 18.5 Å². The Morgan fingerprint density at radius 3 is 2.69 bits per heavy atom. The molecule has 4 rings (SSSR count). The normalized spacial score (nSPS) is 14.9. The van der Waals surface area contributed by atoms with Crippen LogP contribution >= 0.6 is 0 Å². The molecule has 1 saturated carbocycles. The zero-order valence-electron chi connectivity index (χ0n) is 14.2. The number of nitrogens with zero attached hydrogens (tertiary/aromatic N) is 2. The van der Waals surface area contributed by atoms with E-state index in [4.69, 9.17) is 4.74 Å². The Kier molecular flexibility index (Phi) is 4.28. The van der Waals surface area contributed by atoms with Gasteiger partial charge in [0.1, 0.15) is 23.4 Å². The second-order valence-electron chi connectivity index (χ2n) is 6.32. The van der Waals surface area contributed by atoms with Crippen LogP contribution in [0.4, 0.5) is 14.6 Å². The lowest BCUT2D eigenvalue weighted by Crippen LogP contribution is -2.15. The van der Waals surface area contributed by atoms with E-state index < -0.39 is 17.7 Å². The highest BCUT2D eigenvalue weighted by molar-refractivity contribution is 5.45. The fraction of sp³-hybridized carbons (Fsp3) is 0.263. The van der Waals surface area contributed by atoms with Gasteiger partial charge in [-0.15, -0.1) is 0 Å². The smallest absolute Gasteiger partial charge is 0.159 e. The number of benzene rings is 1. The molecule has 26 heavy (non-hydrogen) atoms. The van der Waals surface area contributed by atoms with Crippen molar-refractivity contribution in [3.05, 3.63) is 71.4 Å². The molecule has 2 N–H and O–H groups in total. The Balaban J connectivity index is 1.62. The summed E-state index contributed by atoms with van der Waals surface area (Å²) in [5.41, 5.74) is 1.31. The molecule has 1 aromatic carbocycles. The summed E-state index contributed by atoms with van der Waals surface area (Å²) in [5.74, 6) is 0.145. The van der Waals surface area contributed by atoms with E-state index in [1.807, 2.05) is 13.0 Å². The van der Waals surface area contributed by atoms with Crippen LogP contribution in [-0.2, 0) is 0 Å². The molecule has 7 heteroatoms. The van der Waals surface area contributed by atoms with Crippen molar-refractivity contribution in [1.82, 2.24) is 15.0 Å². The number of aromatic nitrogens is 3. The Morgan fingerprint density at radius 1 is 1.19 bits per heavy atom. The Morgan fingerprint density at radius 2 is 2.04 bits per heavy atom. The molecule has 2 heterocycles. The number of anilines is 1. The third kappa shape index (κ3) is 3.51. The first kappa shape index (κ1) is 16.5. The van der Waals surface area contributed by atoms with E-state index in [0.29, 0.717) is 23.3 Å². The molecule has 0 amide bonds. The molecule has 1 aliphatic carbocycles. The third-order valence-corrected chi connectivity index (χ3v) is 4.22. The molecule has 1 aliphatic rings. The van der Waals surface area contributed by atoms with E-state index in [1.165, 1.54) is 6.07 Å². The standard InChI is InChI=1S/C19H18F2N4O/c1-11-16(26-13-3-4-13)6-7-17(24-11)25-18(19-22-8-9-23-19)12-2-5-14(20)15(21)10-12/h2,5-10,13,18H,3-4H2,1H3,(H,22,23)(H,24,25). The van der Waals surface area contributed by atoms with Gasteiger partial charge in [0, 0.05) is 12.4 Å². The first-order chi connectivity index (χ1) is 12.6. The molecule has 0 bridgehead atoms. The van der Waals surface area contributed by atoms with Crippen molar-refractivity contribution >= 4 is 5.82 Å². The molecule has 5 nitrogen and oxygen atoms in total. The van der Waals surface area contributed by atoms with Gasteiger partial charge in [-0.2, -0.15) is 0 Å². The minimum atomic E-state index is -0.904. The van der Waals surface area contributed by atoms with Crippen molar-refractivity contribution < 1.29 is 13.5 Å². The van der Waals surface area contributed by atoms with Gasteiger partial charge in [0.15, 0.2) is 11.6 Å². The zero-order chi connectivity index (χ0) is 18.1. The summed E-state index contributed by atoms with van der Waals surface area (Å²) in [5, 5.41) is 3.23. The number of hydrogen-bond acceptors (Lipinski definition) is 4. The van der Waals surface area contributed by atoms with E-state index in [-0.39, 0.29) is 0 Å². The number of pyridine rings is 1. The molecular formula is C19H18F2N4O. The van der Waals surface area contributed by atoms with Gasteiger partial charge in [0.2, 0.25) is 0 Å². The van der Waals surface area contributed by atoms with Gasteiger partial charge in [-0.25, -0.2) is 18.7 Å². The number of rotatable bonds is 6. The number of ether oxygens (including phenoxy) is 1. The maximum Gasteiger partial charge on any atom is 0.159 e. The monoisotopic (exact) mass is 356 g/mol. The SMILES string of the molecule is Cc1nc(NC(c2ccc(F)c(F)c2)c2ncc[nH]2)ccc1OC1CC1. The van der Waals surface area contributed by atoms with Crippen LogP contribution in [0, 0.1) is 18.6 Å². The summed E-state index contributed by atoms with van der Waals surface area (Å²) in [6, 6.07) is 6.96. The van der Waals surface area contributed by atoms with Crippen molar-refractivity contribution in [2.45, 2.75) is 31.9 Å². The lowest BCUT2D eigenvalue weighted by Gasteiger charge is -2.19. The van der Waals surface area contributed by atoms with Crippen LogP contribution in [0.3, 0.4) is 0 Å². The molecule has 1 unspecified atom stereocenters. The molecule has 0 saturated heterocycles. The van der Waals surface area contributed by atoms with Crippen LogP contribution < -0.4 is 10.1 Å². The number of aromatic amines is 1. The molecule has 3 aromatic rings. The quantitative estimate of drug-likeness (QED) is 0.697. The van der Waals surface area contributed by atoms with Gasteiger partial charge < -0.3 is 15.0 Å². The fourth-order valence-corrected chi connectivity index (χ4v) is 2.70. The topological polar surface area (TPSA) is 62.8 Å². The second kappa shape index (κ2) is 6.74. The maximum absolute atomic E-state index is 13.7. The van der Waals surface area contributed by atoms with Crippen molar-refractivity contribution in [2.75, 3.05) is 5.32 Å². The largest absolute Gasteiger partial charge is 0.489 e. The lowest BCUT2D eigenvalue weighted by atomic mass is 10.1. The van der Waals surface area contributed by atoms with Gasteiger partial charge in [-0.3, -0.25) is 0 Å². The molecular weight excluding hydrogens is 338 g/mol. The number of nitrogens with one attached hydrogen (secondary N) is 2. The van der Waals surface area contributed by atoms with Crippen LogP contribution in [0.5, 0.6) is 5.75 Å². The van der Waals surface area contributed by atoms with Gasteiger partial charge in [0.05, 0.1) is 11.8 Å². The second-order valence-corrected chi connectivity index (χ2v) is 6.32. The maximum atomic E-state index is 13.7. The average Bonchev–Trinajstić information content (AvgIpc) is 3.28. The number of hydrogen-bond donors (Lipinski definition) is 2. The number of aryl methyl sites for hydroxylation is 1. The van der Waals surface area contributed by atoms with Gasteiger partial charge in [-0.1, -0.05) is 6.07 Å². The van der Waals surface area contributed by atoms with Crippen LogP contribution in [0.2, 0.25) is 0 Å². The van der Waals surface area contributed by atoms with Gasteiger partial charge >= 0.3 is 0 Å². The number of H-pyrrole nitrogens is 1. The average molecular weight is 356 g/mol. The fourth-order valence-electron chi connectivity index (χ4n) is 2.70. The molecule has 0 spiro atoms. The Bertz CT molecular complexity index is 910. The van der Waals surface area contributed by atoms with E-state index in [0.717, 1.165) is 36.4 Å². The Hall–Kier alpha value is -2.96. The summed E-state index contributed by atoms with van der Waals surface area (Å²) in [7, 11) is 0. The summed E-state index contributed by atoms with van der Waals surface area (Å²) in [6.45, 7) is 1.88. The van der Waals surface area contributed by atoms with E-state index >= 15 is 0 Å². The predicted octanol–water partition coefficient (Wildman–Crippen LogP) is 4.13. The zero-order valence-corrected chi connectivity index (χ0v) is 14.2. The highest BCUT2D eigenvalue weighted by Gasteiger charge is 2.25. The van der Waals surface area contributed by atoms with Crippen molar-refractivity contribution in [2.24, 2.45) is 0 Å². The summed E-state index contributed by atoms with van der Waals surface area (Å²) in [6.07, 6.45) is 5.74. The van der Waals surface area contributed by atoms with Gasteiger partial charge in [0.25, 0.3) is 0 Å². The van der Waals surface area contributed by atoms with Crippen LogP contribution in [0.15, 0.2) is 42.7 Å². The molecule has 0 radical (unpaired) electrons. The van der Waals surface area contributed by atoms with Gasteiger partial charge in [-0.05, 0) is 49.6 Å². The van der Waals surface area contributed by atoms with Crippen molar-refractivity contribution in [1.29, 1.82) is 0 Å². The first-order valence-electron chi connectivity index (χ1n) is 8.45. The van der Waals surface area contributed by atoms with E-state index in [2.05, 4.69) is 20.3 Å². The number of halogens is 2. The lowest BCUT2D eigenvalue weighted by molar-refractivity contribution is 0.299. The van der Waals surface area contributed by atoms with Crippen molar-refractivity contribution in [3.8, 4) is 5.75 Å². The highest BCUT2D eigenvalue weighted by Crippen LogP contribution is 2.30. The molecule has 134 valence electrons. The van der Waals surface area contributed by atoms with Crippen LogP contribution in [0.25, 0.3) is 0 Å². The summed E-state index contributed by atoms with van der Waals surface area (Å²) in [4.78, 5) is 11.8. The van der Waals surface area contributed by atoms with Crippen LogP contribution in [0.1, 0.15) is 36.0 Å². The summed E-state index contributed by atoms with van der Waals surface area (Å²) >= 11 is 0. The summed E-state index contributed by atoms with van der Waals surface area (Å²) < 4.78 is 32.8. The third-order valence-electron chi connectivity index (χ3n) is 4.22. The molecule has 1 atom stereocenters. The van der Waals surface area contributed by atoms with Crippen molar-refractivity contribution in [3.63, 3.8) is 0 Å².